The first-order chi connectivity index (χ1) is 12.0. The van der Waals surface area contributed by atoms with Gasteiger partial charge in [-0.25, -0.2) is 9.07 Å². The number of aromatic hydroxyl groups is 1. The minimum Gasteiger partial charge on any atom is -0.503 e. The molecule has 130 valence electrons. The highest BCUT2D eigenvalue weighted by molar-refractivity contribution is 5.73. The molecule has 1 aliphatic heterocycles. The molecule has 8 heteroatoms. The predicted octanol–water partition coefficient (Wildman–Crippen LogP) is 2.23. The summed E-state index contributed by atoms with van der Waals surface area (Å²) in [6.07, 6.45) is 3.89. The summed E-state index contributed by atoms with van der Waals surface area (Å²) >= 11 is 0. The van der Waals surface area contributed by atoms with Crippen molar-refractivity contribution in [3.63, 3.8) is 0 Å². The van der Waals surface area contributed by atoms with Crippen LogP contribution < -0.4 is 0 Å². The third kappa shape index (κ3) is 3.19. The van der Waals surface area contributed by atoms with Crippen LogP contribution in [0.5, 0.6) is 5.75 Å². The molecule has 1 N–H and O–H groups in total. The molecule has 1 aromatic heterocycles. The van der Waals surface area contributed by atoms with Gasteiger partial charge in [0.15, 0.2) is 11.6 Å². The van der Waals surface area contributed by atoms with Crippen molar-refractivity contribution < 1.29 is 23.8 Å². The highest BCUT2D eigenvalue weighted by Crippen LogP contribution is 2.35. The summed E-state index contributed by atoms with van der Waals surface area (Å²) in [6, 6.07) is 4.10. The Balaban J connectivity index is 1.96. The van der Waals surface area contributed by atoms with Crippen LogP contribution in [-0.2, 0) is 14.3 Å². The smallest absolute Gasteiger partial charge is 0.311 e. The number of carbonyl (C=O) groups excluding carboxylic acids is 1. The zero-order valence-electron chi connectivity index (χ0n) is 13.5. The molecule has 1 saturated heterocycles. The van der Waals surface area contributed by atoms with E-state index in [-0.39, 0.29) is 17.2 Å². The zero-order chi connectivity index (χ0) is 18.0. The van der Waals surface area contributed by atoms with Gasteiger partial charge < -0.3 is 14.6 Å². The van der Waals surface area contributed by atoms with E-state index in [0.29, 0.717) is 18.6 Å². The van der Waals surface area contributed by atoms with E-state index in [4.69, 9.17) is 14.7 Å². The van der Waals surface area contributed by atoms with E-state index >= 15 is 0 Å². The Morgan fingerprint density at radius 3 is 3.08 bits per heavy atom. The number of phenols is 1. The summed E-state index contributed by atoms with van der Waals surface area (Å²) in [5, 5.41) is 23.0. The molecule has 7 nitrogen and oxygen atoms in total. The number of hydrogen-bond acceptors (Lipinski definition) is 6. The second-order valence-corrected chi connectivity index (χ2v) is 5.72. The quantitative estimate of drug-likeness (QED) is 0.857. The lowest BCUT2D eigenvalue weighted by atomic mass is 9.91. The van der Waals surface area contributed by atoms with Crippen molar-refractivity contribution >= 4 is 5.97 Å². The third-order valence-corrected chi connectivity index (χ3v) is 4.18. The van der Waals surface area contributed by atoms with Gasteiger partial charge in [0, 0.05) is 18.4 Å². The lowest BCUT2D eigenvalue weighted by Gasteiger charge is -2.29. The van der Waals surface area contributed by atoms with Crippen molar-refractivity contribution in [1.82, 2.24) is 9.78 Å². The molecule has 2 atom stereocenters. The molecular formula is C17H16FN3O4. The summed E-state index contributed by atoms with van der Waals surface area (Å²) in [5.41, 5.74) is 0.703. The molecular weight excluding hydrogens is 329 g/mol. The van der Waals surface area contributed by atoms with Gasteiger partial charge in [0.1, 0.15) is 5.69 Å². The second kappa shape index (κ2) is 6.91. The zero-order valence-corrected chi connectivity index (χ0v) is 13.5. The standard InChI is InChI=1S/C17H16FN3O4/c1-24-17(23)12-3-2-4-25-16(12)11-8-20-21(9-11)14-6-10(7-19)5-13(18)15(14)22/h5-6,8-9,12,16,22H,2-4H2,1H3/t12-,16+/m1/s1. The van der Waals surface area contributed by atoms with Crippen molar-refractivity contribution in [2.75, 3.05) is 13.7 Å². The molecule has 0 saturated carbocycles. The average molecular weight is 345 g/mol. The van der Waals surface area contributed by atoms with Crippen molar-refractivity contribution in [1.29, 1.82) is 5.26 Å². The van der Waals surface area contributed by atoms with Crippen LogP contribution in [0.2, 0.25) is 0 Å². The molecule has 3 rings (SSSR count). The van der Waals surface area contributed by atoms with Gasteiger partial charge >= 0.3 is 5.97 Å². The summed E-state index contributed by atoms with van der Waals surface area (Å²) in [6.45, 7) is 0.507. The molecule has 0 aliphatic carbocycles. The molecule has 1 aliphatic rings. The maximum Gasteiger partial charge on any atom is 0.311 e. The fraction of sp³-hybridized carbons (Fsp3) is 0.353. The molecule has 0 radical (unpaired) electrons. The molecule has 0 spiro atoms. The fourth-order valence-electron chi connectivity index (χ4n) is 2.94. The highest BCUT2D eigenvalue weighted by atomic mass is 19.1. The van der Waals surface area contributed by atoms with E-state index in [9.17, 15) is 14.3 Å². The average Bonchev–Trinajstić information content (AvgIpc) is 3.12. The number of aromatic nitrogens is 2. The van der Waals surface area contributed by atoms with Gasteiger partial charge in [-0.15, -0.1) is 0 Å². The summed E-state index contributed by atoms with van der Waals surface area (Å²) < 4.78 is 25.5. The lowest BCUT2D eigenvalue weighted by Crippen LogP contribution is -2.29. The van der Waals surface area contributed by atoms with Gasteiger partial charge in [-0.1, -0.05) is 0 Å². The van der Waals surface area contributed by atoms with E-state index < -0.39 is 23.6 Å². The van der Waals surface area contributed by atoms with Gasteiger partial charge in [0.05, 0.1) is 37.0 Å². The second-order valence-electron chi connectivity index (χ2n) is 5.72. The number of halogens is 1. The largest absolute Gasteiger partial charge is 0.503 e. The van der Waals surface area contributed by atoms with Gasteiger partial charge in [0.2, 0.25) is 0 Å². The van der Waals surface area contributed by atoms with Crippen LogP contribution in [0.1, 0.15) is 30.1 Å². The summed E-state index contributed by atoms with van der Waals surface area (Å²) in [4.78, 5) is 12.0. The molecule has 0 bridgehead atoms. The lowest BCUT2D eigenvalue weighted by molar-refractivity contribution is -0.155. The first kappa shape index (κ1) is 16.9. The van der Waals surface area contributed by atoms with Crippen molar-refractivity contribution in [3.05, 3.63) is 41.5 Å². The summed E-state index contributed by atoms with van der Waals surface area (Å²) in [5.74, 6) is -2.33. The van der Waals surface area contributed by atoms with E-state index in [2.05, 4.69) is 5.10 Å². The van der Waals surface area contributed by atoms with Crippen molar-refractivity contribution in [2.24, 2.45) is 5.92 Å². The number of esters is 1. The van der Waals surface area contributed by atoms with Crippen LogP contribution >= 0.6 is 0 Å². The van der Waals surface area contributed by atoms with Gasteiger partial charge in [-0.2, -0.15) is 10.4 Å². The topological polar surface area (TPSA) is 97.4 Å². The molecule has 2 aromatic rings. The van der Waals surface area contributed by atoms with Crippen molar-refractivity contribution in [2.45, 2.75) is 18.9 Å². The number of phenolic OH excluding ortho intramolecular Hbond substituents is 1. The number of ether oxygens (including phenoxy) is 2. The Bertz CT molecular complexity index is 843. The van der Waals surface area contributed by atoms with Crippen LogP contribution in [0.3, 0.4) is 0 Å². The monoisotopic (exact) mass is 345 g/mol. The highest BCUT2D eigenvalue weighted by Gasteiger charge is 2.34. The SMILES string of the molecule is COC(=O)[C@@H]1CCCO[C@H]1c1cnn(-c2cc(C#N)cc(F)c2O)c1. The van der Waals surface area contributed by atoms with E-state index in [1.807, 2.05) is 6.07 Å². The Kier molecular flexibility index (Phi) is 4.67. The Hall–Kier alpha value is -2.92. The molecule has 0 unspecified atom stereocenters. The van der Waals surface area contributed by atoms with Crippen LogP contribution in [0, 0.1) is 23.1 Å². The number of benzene rings is 1. The van der Waals surface area contributed by atoms with E-state index in [0.717, 1.165) is 12.5 Å². The van der Waals surface area contributed by atoms with Crippen LogP contribution in [-0.4, -0.2) is 34.6 Å². The number of methoxy groups -OCH3 is 1. The number of hydrogen-bond donors (Lipinski definition) is 1. The number of carbonyl (C=O) groups is 1. The number of rotatable bonds is 3. The van der Waals surface area contributed by atoms with Gasteiger partial charge in [-0.05, 0) is 25.0 Å². The normalized spacial score (nSPS) is 20.0. The van der Waals surface area contributed by atoms with Crippen LogP contribution in [0.25, 0.3) is 5.69 Å². The fourth-order valence-corrected chi connectivity index (χ4v) is 2.94. The number of nitrogens with zero attached hydrogens (tertiary/aromatic N) is 3. The Morgan fingerprint density at radius 1 is 1.56 bits per heavy atom. The number of nitriles is 1. The predicted molar refractivity (Wildman–Crippen MR) is 83.3 cm³/mol. The van der Waals surface area contributed by atoms with Gasteiger partial charge in [0.25, 0.3) is 0 Å². The minimum atomic E-state index is -0.910. The first-order valence-electron chi connectivity index (χ1n) is 7.72. The molecule has 0 amide bonds. The van der Waals surface area contributed by atoms with Crippen LogP contribution in [0.4, 0.5) is 4.39 Å². The Labute approximate surface area is 143 Å². The van der Waals surface area contributed by atoms with E-state index in [1.54, 1.807) is 6.20 Å². The summed E-state index contributed by atoms with van der Waals surface area (Å²) in [7, 11) is 1.33. The van der Waals surface area contributed by atoms with E-state index in [1.165, 1.54) is 24.1 Å². The molecule has 1 fully saturated rings. The minimum absolute atomic E-state index is 0.0354. The molecule has 1 aromatic carbocycles. The Morgan fingerprint density at radius 2 is 2.36 bits per heavy atom. The maximum absolute atomic E-state index is 13.8. The van der Waals surface area contributed by atoms with Crippen LogP contribution in [0.15, 0.2) is 24.5 Å². The van der Waals surface area contributed by atoms with Crippen molar-refractivity contribution in [3.8, 4) is 17.5 Å². The molecule has 2 heterocycles. The molecule has 25 heavy (non-hydrogen) atoms. The first-order valence-corrected chi connectivity index (χ1v) is 7.72. The van der Waals surface area contributed by atoms with Gasteiger partial charge in [-0.3, -0.25) is 4.79 Å². The third-order valence-electron chi connectivity index (χ3n) is 4.18. The maximum atomic E-state index is 13.8.